The van der Waals surface area contributed by atoms with Gasteiger partial charge in [0.25, 0.3) is 0 Å². The standard InChI is InChI=1S/C12H10BrNO2.ClH/c1-15-12(14)11-7-6-10(16-11)8-2-4-9(13)5-3-8;/h2-7,14H,1H3;1H. The number of nitrogens with one attached hydrogen (secondary N) is 1. The zero-order valence-electron chi connectivity index (χ0n) is 9.07. The molecule has 0 saturated heterocycles. The van der Waals surface area contributed by atoms with Gasteiger partial charge < -0.3 is 9.15 Å². The third kappa shape index (κ3) is 3.11. The number of halogens is 2. The summed E-state index contributed by atoms with van der Waals surface area (Å²) in [6, 6.07) is 11.3. The van der Waals surface area contributed by atoms with Crippen molar-refractivity contribution in [2.24, 2.45) is 0 Å². The van der Waals surface area contributed by atoms with Crippen LogP contribution in [0, 0.1) is 5.41 Å². The molecule has 0 amide bonds. The maximum Gasteiger partial charge on any atom is 0.249 e. The zero-order chi connectivity index (χ0) is 11.5. The van der Waals surface area contributed by atoms with Crippen molar-refractivity contribution >= 4 is 34.2 Å². The van der Waals surface area contributed by atoms with E-state index < -0.39 is 0 Å². The average Bonchev–Trinajstić information content (AvgIpc) is 2.78. The van der Waals surface area contributed by atoms with E-state index in [1.165, 1.54) is 7.11 Å². The summed E-state index contributed by atoms with van der Waals surface area (Å²) < 4.78 is 11.3. The van der Waals surface area contributed by atoms with E-state index in [9.17, 15) is 0 Å². The van der Waals surface area contributed by atoms with Gasteiger partial charge in [0.05, 0.1) is 7.11 Å². The second kappa shape index (κ2) is 5.89. The van der Waals surface area contributed by atoms with Crippen LogP contribution in [-0.2, 0) is 4.74 Å². The number of rotatable bonds is 2. The van der Waals surface area contributed by atoms with Crippen LogP contribution in [0.3, 0.4) is 0 Å². The molecule has 2 aromatic rings. The predicted molar refractivity (Wildman–Crippen MR) is 72.9 cm³/mol. The lowest BCUT2D eigenvalue weighted by Gasteiger charge is -1.98. The number of furan rings is 1. The molecular weight excluding hydrogens is 305 g/mol. The molecule has 0 unspecified atom stereocenters. The van der Waals surface area contributed by atoms with Crippen molar-refractivity contribution in [3.05, 3.63) is 46.6 Å². The van der Waals surface area contributed by atoms with Gasteiger partial charge in [0.2, 0.25) is 5.90 Å². The molecule has 1 N–H and O–H groups in total. The summed E-state index contributed by atoms with van der Waals surface area (Å²) in [5.74, 6) is 1.19. The van der Waals surface area contributed by atoms with Gasteiger partial charge in [-0.05, 0) is 24.3 Å². The molecule has 5 heteroatoms. The molecule has 1 heterocycles. The highest BCUT2D eigenvalue weighted by Gasteiger charge is 2.08. The minimum absolute atomic E-state index is 0. The van der Waals surface area contributed by atoms with Gasteiger partial charge in [0, 0.05) is 10.0 Å². The molecule has 1 aromatic heterocycles. The highest BCUT2D eigenvalue weighted by Crippen LogP contribution is 2.24. The van der Waals surface area contributed by atoms with Gasteiger partial charge in [-0.1, -0.05) is 28.1 Å². The van der Waals surface area contributed by atoms with Crippen molar-refractivity contribution in [3.8, 4) is 11.3 Å². The van der Waals surface area contributed by atoms with Crippen molar-refractivity contribution in [1.82, 2.24) is 0 Å². The highest BCUT2D eigenvalue weighted by molar-refractivity contribution is 9.10. The van der Waals surface area contributed by atoms with Gasteiger partial charge in [-0.25, -0.2) is 0 Å². The number of methoxy groups -OCH3 is 1. The minimum Gasteiger partial charge on any atom is -0.479 e. The lowest BCUT2D eigenvalue weighted by Crippen LogP contribution is -1.98. The van der Waals surface area contributed by atoms with Crippen LogP contribution in [0.4, 0.5) is 0 Å². The molecule has 90 valence electrons. The van der Waals surface area contributed by atoms with E-state index in [1.54, 1.807) is 6.07 Å². The topological polar surface area (TPSA) is 46.2 Å². The highest BCUT2D eigenvalue weighted by atomic mass is 79.9. The van der Waals surface area contributed by atoms with E-state index in [0.717, 1.165) is 15.8 Å². The number of ether oxygens (including phenoxy) is 1. The Bertz CT molecular complexity index is 507. The van der Waals surface area contributed by atoms with Crippen molar-refractivity contribution in [1.29, 1.82) is 5.41 Å². The Kier molecular flexibility index (Phi) is 4.78. The molecule has 0 aliphatic carbocycles. The van der Waals surface area contributed by atoms with Gasteiger partial charge in [-0.3, -0.25) is 5.41 Å². The normalized spacial score (nSPS) is 9.53. The van der Waals surface area contributed by atoms with Crippen LogP contribution in [0.1, 0.15) is 5.76 Å². The van der Waals surface area contributed by atoms with Crippen molar-refractivity contribution in [3.63, 3.8) is 0 Å². The van der Waals surface area contributed by atoms with Crippen LogP contribution in [0.2, 0.25) is 0 Å². The van der Waals surface area contributed by atoms with Crippen LogP contribution in [-0.4, -0.2) is 13.0 Å². The van der Waals surface area contributed by atoms with Crippen LogP contribution in [0.25, 0.3) is 11.3 Å². The Morgan fingerprint density at radius 1 is 1.18 bits per heavy atom. The third-order valence-electron chi connectivity index (χ3n) is 2.16. The molecule has 0 saturated carbocycles. The van der Waals surface area contributed by atoms with Crippen molar-refractivity contribution in [2.45, 2.75) is 0 Å². The van der Waals surface area contributed by atoms with Crippen molar-refractivity contribution < 1.29 is 9.15 Å². The Morgan fingerprint density at radius 2 is 1.82 bits per heavy atom. The lowest BCUT2D eigenvalue weighted by atomic mass is 10.2. The Morgan fingerprint density at radius 3 is 2.41 bits per heavy atom. The van der Waals surface area contributed by atoms with Crippen LogP contribution >= 0.6 is 28.3 Å². The molecular formula is C12H11BrClNO2. The summed E-state index contributed by atoms with van der Waals surface area (Å²) in [6.45, 7) is 0. The van der Waals surface area contributed by atoms with E-state index >= 15 is 0 Å². The molecule has 0 radical (unpaired) electrons. The monoisotopic (exact) mass is 315 g/mol. The van der Waals surface area contributed by atoms with Crippen LogP contribution in [0.15, 0.2) is 45.3 Å². The van der Waals surface area contributed by atoms with E-state index in [-0.39, 0.29) is 18.3 Å². The lowest BCUT2D eigenvalue weighted by molar-refractivity contribution is 0.385. The number of hydrogen-bond donors (Lipinski definition) is 1. The first kappa shape index (κ1) is 13.8. The fourth-order valence-electron chi connectivity index (χ4n) is 1.33. The first-order valence-corrected chi connectivity index (χ1v) is 5.48. The molecule has 1 aromatic carbocycles. The number of hydrogen-bond acceptors (Lipinski definition) is 3. The molecule has 0 aliphatic rings. The summed E-state index contributed by atoms with van der Waals surface area (Å²) >= 11 is 3.37. The number of benzene rings is 1. The fraction of sp³-hybridized carbons (Fsp3) is 0.0833. The molecule has 0 fully saturated rings. The molecule has 3 nitrogen and oxygen atoms in total. The van der Waals surface area contributed by atoms with Gasteiger partial charge >= 0.3 is 0 Å². The van der Waals surface area contributed by atoms with E-state index in [1.807, 2.05) is 30.3 Å². The van der Waals surface area contributed by atoms with Crippen LogP contribution in [0.5, 0.6) is 0 Å². The minimum atomic E-state index is 0. The SMILES string of the molecule is COC(=N)c1ccc(-c2ccc(Br)cc2)o1.Cl. The first-order chi connectivity index (χ1) is 7.70. The Balaban J connectivity index is 0.00000144. The van der Waals surface area contributed by atoms with E-state index in [0.29, 0.717) is 5.76 Å². The predicted octanol–water partition coefficient (Wildman–Crippen LogP) is 4.10. The van der Waals surface area contributed by atoms with E-state index in [2.05, 4.69) is 15.9 Å². The maximum atomic E-state index is 7.46. The first-order valence-electron chi connectivity index (χ1n) is 4.69. The third-order valence-corrected chi connectivity index (χ3v) is 2.69. The quantitative estimate of drug-likeness (QED) is 0.669. The molecule has 0 atom stereocenters. The smallest absolute Gasteiger partial charge is 0.249 e. The Labute approximate surface area is 114 Å². The summed E-state index contributed by atoms with van der Waals surface area (Å²) in [5, 5.41) is 7.46. The van der Waals surface area contributed by atoms with Crippen molar-refractivity contribution in [2.75, 3.05) is 7.11 Å². The van der Waals surface area contributed by atoms with Gasteiger partial charge in [-0.15, -0.1) is 12.4 Å². The molecule has 0 bridgehead atoms. The van der Waals surface area contributed by atoms with Gasteiger partial charge in [0.15, 0.2) is 5.76 Å². The second-order valence-corrected chi connectivity index (χ2v) is 4.12. The van der Waals surface area contributed by atoms with E-state index in [4.69, 9.17) is 14.6 Å². The summed E-state index contributed by atoms with van der Waals surface area (Å²) in [6.07, 6.45) is 0. The molecule has 0 spiro atoms. The molecule has 0 aliphatic heterocycles. The summed E-state index contributed by atoms with van der Waals surface area (Å²) in [7, 11) is 1.45. The summed E-state index contributed by atoms with van der Waals surface area (Å²) in [4.78, 5) is 0. The zero-order valence-corrected chi connectivity index (χ0v) is 11.5. The van der Waals surface area contributed by atoms with Crippen LogP contribution < -0.4 is 0 Å². The Hall–Kier alpha value is -1.26. The molecule has 2 rings (SSSR count). The summed E-state index contributed by atoms with van der Waals surface area (Å²) in [5.41, 5.74) is 0.971. The molecule has 17 heavy (non-hydrogen) atoms. The largest absolute Gasteiger partial charge is 0.479 e. The second-order valence-electron chi connectivity index (χ2n) is 3.20. The average molecular weight is 317 g/mol. The maximum absolute atomic E-state index is 7.46. The van der Waals surface area contributed by atoms with Gasteiger partial charge in [0.1, 0.15) is 5.76 Å². The fourth-order valence-corrected chi connectivity index (χ4v) is 1.59. The van der Waals surface area contributed by atoms with Gasteiger partial charge in [-0.2, -0.15) is 0 Å².